The molecular formula is C15H21N3. The average Bonchev–Trinajstić information content (AvgIpc) is 2.60. The first-order valence-electron chi connectivity index (χ1n) is 6.39. The monoisotopic (exact) mass is 243 g/mol. The zero-order chi connectivity index (χ0) is 13.1. The summed E-state index contributed by atoms with van der Waals surface area (Å²) in [6.45, 7) is 10.2. The van der Waals surface area contributed by atoms with Crippen molar-refractivity contribution in [1.29, 1.82) is 0 Å². The highest BCUT2D eigenvalue weighted by atomic mass is 15.3. The molecule has 1 aromatic carbocycles. The van der Waals surface area contributed by atoms with E-state index in [0.717, 1.165) is 18.8 Å². The van der Waals surface area contributed by atoms with Gasteiger partial charge in [-0.2, -0.15) is 5.10 Å². The van der Waals surface area contributed by atoms with Crippen molar-refractivity contribution >= 4 is 5.69 Å². The number of benzene rings is 1. The Bertz CT molecular complexity index is 541. The van der Waals surface area contributed by atoms with Gasteiger partial charge in [-0.1, -0.05) is 18.2 Å². The first kappa shape index (κ1) is 12.7. The quantitative estimate of drug-likeness (QED) is 0.893. The minimum absolute atomic E-state index is 0.895. The zero-order valence-corrected chi connectivity index (χ0v) is 11.6. The van der Waals surface area contributed by atoms with Gasteiger partial charge in [-0.05, 0) is 44.9 Å². The second-order valence-corrected chi connectivity index (χ2v) is 4.76. The molecule has 1 heterocycles. The van der Waals surface area contributed by atoms with Crippen molar-refractivity contribution in [3.63, 3.8) is 0 Å². The molecule has 0 fully saturated rings. The van der Waals surface area contributed by atoms with Crippen molar-refractivity contribution in [2.75, 3.05) is 11.9 Å². The molecule has 0 aliphatic heterocycles. The van der Waals surface area contributed by atoms with Crippen LogP contribution in [0.4, 0.5) is 5.69 Å². The van der Waals surface area contributed by atoms with Crippen LogP contribution in [0.1, 0.15) is 22.5 Å². The highest BCUT2D eigenvalue weighted by Crippen LogP contribution is 2.13. The molecule has 2 rings (SSSR count). The first-order chi connectivity index (χ1) is 8.59. The summed E-state index contributed by atoms with van der Waals surface area (Å²) < 4.78 is 2.08. The van der Waals surface area contributed by atoms with Crippen molar-refractivity contribution in [3.05, 3.63) is 46.8 Å². The van der Waals surface area contributed by atoms with Crippen molar-refractivity contribution < 1.29 is 0 Å². The molecule has 3 nitrogen and oxygen atoms in total. The number of nitrogens with one attached hydrogen (secondary N) is 1. The van der Waals surface area contributed by atoms with Gasteiger partial charge in [0.25, 0.3) is 0 Å². The Balaban J connectivity index is 1.97. The van der Waals surface area contributed by atoms with Gasteiger partial charge in [0.1, 0.15) is 0 Å². The molecule has 0 aliphatic carbocycles. The molecule has 0 saturated heterocycles. The molecule has 0 unspecified atom stereocenters. The summed E-state index contributed by atoms with van der Waals surface area (Å²) in [6, 6.07) is 8.35. The maximum Gasteiger partial charge on any atom is 0.0625 e. The fourth-order valence-electron chi connectivity index (χ4n) is 2.07. The molecule has 18 heavy (non-hydrogen) atoms. The van der Waals surface area contributed by atoms with Crippen molar-refractivity contribution in [2.24, 2.45) is 0 Å². The Hall–Kier alpha value is -1.77. The number of para-hydroxylation sites is 1. The van der Waals surface area contributed by atoms with E-state index >= 15 is 0 Å². The Morgan fingerprint density at radius 1 is 1.11 bits per heavy atom. The second-order valence-electron chi connectivity index (χ2n) is 4.76. The summed E-state index contributed by atoms with van der Waals surface area (Å²) in [5.74, 6) is 0. The molecule has 0 spiro atoms. The highest BCUT2D eigenvalue weighted by molar-refractivity contribution is 5.50. The lowest BCUT2D eigenvalue weighted by atomic mass is 10.2. The van der Waals surface area contributed by atoms with Crippen LogP contribution in [0.15, 0.2) is 24.3 Å². The fourth-order valence-corrected chi connectivity index (χ4v) is 2.07. The fraction of sp³-hybridized carbons (Fsp3) is 0.400. The lowest BCUT2D eigenvalue weighted by molar-refractivity contribution is 0.614. The smallest absolute Gasteiger partial charge is 0.0625 e. The van der Waals surface area contributed by atoms with Crippen molar-refractivity contribution in [1.82, 2.24) is 9.78 Å². The minimum atomic E-state index is 0.895. The Morgan fingerprint density at radius 3 is 2.44 bits per heavy atom. The third kappa shape index (κ3) is 2.55. The van der Waals surface area contributed by atoms with Crippen LogP contribution in [0.5, 0.6) is 0 Å². The normalized spacial score (nSPS) is 10.7. The molecule has 3 heteroatoms. The van der Waals surface area contributed by atoms with E-state index in [4.69, 9.17) is 0 Å². The van der Waals surface area contributed by atoms with E-state index in [-0.39, 0.29) is 0 Å². The molecule has 0 aliphatic rings. The Kier molecular flexibility index (Phi) is 3.70. The minimum Gasteiger partial charge on any atom is -0.383 e. The number of aryl methyl sites for hydroxylation is 2. The summed E-state index contributed by atoms with van der Waals surface area (Å²) in [4.78, 5) is 0. The second kappa shape index (κ2) is 5.25. The molecule has 0 amide bonds. The predicted octanol–water partition coefficient (Wildman–Crippen LogP) is 3.23. The largest absolute Gasteiger partial charge is 0.383 e. The summed E-state index contributed by atoms with van der Waals surface area (Å²) in [5.41, 5.74) is 6.17. The summed E-state index contributed by atoms with van der Waals surface area (Å²) in [6.07, 6.45) is 0. The predicted molar refractivity (Wildman–Crippen MR) is 76.1 cm³/mol. The number of rotatable bonds is 4. The van der Waals surface area contributed by atoms with Crippen molar-refractivity contribution in [3.8, 4) is 0 Å². The van der Waals surface area contributed by atoms with Gasteiger partial charge < -0.3 is 5.32 Å². The zero-order valence-electron chi connectivity index (χ0n) is 11.6. The van der Waals surface area contributed by atoms with E-state index in [0.29, 0.717) is 0 Å². The van der Waals surface area contributed by atoms with Crippen LogP contribution < -0.4 is 5.32 Å². The lowest BCUT2D eigenvalue weighted by Gasteiger charge is -2.10. The van der Waals surface area contributed by atoms with Crippen LogP contribution >= 0.6 is 0 Å². The molecule has 0 atom stereocenters. The average molecular weight is 243 g/mol. The topological polar surface area (TPSA) is 29.9 Å². The number of nitrogens with zero attached hydrogens (tertiary/aromatic N) is 2. The highest BCUT2D eigenvalue weighted by Gasteiger charge is 2.06. The van der Waals surface area contributed by atoms with E-state index in [1.54, 1.807) is 0 Å². The van der Waals surface area contributed by atoms with Crippen LogP contribution in [0.3, 0.4) is 0 Å². The molecule has 96 valence electrons. The molecule has 2 aromatic rings. The Morgan fingerprint density at radius 2 is 1.83 bits per heavy atom. The van der Waals surface area contributed by atoms with Gasteiger partial charge in [0.2, 0.25) is 0 Å². The third-order valence-corrected chi connectivity index (χ3v) is 3.53. The summed E-state index contributed by atoms with van der Waals surface area (Å²) in [7, 11) is 0. The third-order valence-electron chi connectivity index (χ3n) is 3.53. The van der Waals surface area contributed by atoms with Gasteiger partial charge in [0.05, 0.1) is 12.2 Å². The van der Waals surface area contributed by atoms with Gasteiger partial charge in [0, 0.05) is 17.9 Å². The maximum absolute atomic E-state index is 4.54. The molecular weight excluding hydrogens is 222 g/mol. The van der Waals surface area contributed by atoms with E-state index in [1.807, 2.05) is 0 Å². The van der Waals surface area contributed by atoms with Crippen LogP contribution in [0.25, 0.3) is 0 Å². The van der Waals surface area contributed by atoms with Gasteiger partial charge in [-0.15, -0.1) is 0 Å². The van der Waals surface area contributed by atoms with Gasteiger partial charge >= 0.3 is 0 Å². The first-order valence-corrected chi connectivity index (χ1v) is 6.39. The van der Waals surface area contributed by atoms with Crippen molar-refractivity contribution in [2.45, 2.75) is 34.2 Å². The molecule has 1 N–H and O–H groups in total. The number of hydrogen-bond donors (Lipinski definition) is 1. The van der Waals surface area contributed by atoms with Crippen LogP contribution in [-0.4, -0.2) is 16.3 Å². The van der Waals surface area contributed by atoms with E-state index in [9.17, 15) is 0 Å². The number of hydrogen-bond acceptors (Lipinski definition) is 2. The summed E-state index contributed by atoms with van der Waals surface area (Å²) >= 11 is 0. The van der Waals surface area contributed by atoms with Crippen LogP contribution in [-0.2, 0) is 6.54 Å². The maximum atomic E-state index is 4.54. The van der Waals surface area contributed by atoms with Crippen LogP contribution in [0.2, 0.25) is 0 Å². The van der Waals surface area contributed by atoms with E-state index in [2.05, 4.69) is 67.1 Å². The molecule has 0 bridgehead atoms. The summed E-state index contributed by atoms with van der Waals surface area (Å²) in [5, 5.41) is 8.00. The van der Waals surface area contributed by atoms with Gasteiger partial charge in [0.15, 0.2) is 0 Å². The van der Waals surface area contributed by atoms with Crippen LogP contribution in [0, 0.1) is 27.7 Å². The van der Waals surface area contributed by atoms with Gasteiger partial charge in [-0.25, -0.2) is 0 Å². The number of anilines is 1. The Labute approximate surface area is 109 Å². The van der Waals surface area contributed by atoms with E-state index in [1.165, 1.54) is 22.5 Å². The molecule has 0 radical (unpaired) electrons. The standard InChI is InChI=1S/C15H21N3/c1-11-7-5-6-8-15(11)16-9-10-18-14(4)12(2)13(3)17-18/h5-8,16H,9-10H2,1-4H3. The number of aromatic nitrogens is 2. The van der Waals surface area contributed by atoms with Gasteiger partial charge in [-0.3, -0.25) is 4.68 Å². The van der Waals surface area contributed by atoms with E-state index < -0.39 is 0 Å². The molecule has 1 aromatic heterocycles. The SMILES string of the molecule is Cc1ccccc1NCCn1nc(C)c(C)c1C. The molecule has 0 saturated carbocycles. The lowest BCUT2D eigenvalue weighted by Crippen LogP contribution is -2.13.